The highest BCUT2D eigenvalue weighted by Crippen LogP contribution is 2.29. The van der Waals surface area contributed by atoms with Crippen molar-refractivity contribution in [2.24, 2.45) is 17.6 Å². The minimum absolute atomic E-state index is 0.0754. The molecule has 1 aromatic heterocycles. The number of ether oxygens (including phenoxy) is 1. The van der Waals surface area contributed by atoms with Crippen molar-refractivity contribution >= 4 is 0 Å². The van der Waals surface area contributed by atoms with Crippen molar-refractivity contribution in [2.75, 3.05) is 13.2 Å². The van der Waals surface area contributed by atoms with Crippen molar-refractivity contribution in [1.82, 2.24) is 9.55 Å². The molecule has 1 aliphatic heterocycles. The highest BCUT2D eigenvalue weighted by molar-refractivity contribution is 5.07. The molecule has 0 spiro atoms. The largest absolute Gasteiger partial charge is 0.381 e. The van der Waals surface area contributed by atoms with Gasteiger partial charge in [-0.3, -0.25) is 0 Å². The molecule has 0 bridgehead atoms. The van der Waals surface area contributed by atoms with Gasteiger partial charge in [0.1, 0.15) is 0 Å². The van der Waals surface area contributed by atoms with Crippen LogP contribution in [-0.4, -0.2) is 22.8 Å². The van der Waals surface area contributed by atoms with E-state index in [0.717, 1.165) is 32.1 Å². The second-order valence-electron chi connectivity index (χ2n) is 6.45. The third-order valence-electron chi connectivity index (χ3n) is 5.04. The first-order valence-corrected chi connectivity index (χ1v) is 8.18. The summed E-state index contributed by atoms with van der Waals surface area (Å²) in [6.45, 7) is 2.72. The standard InChI is InChI=1S/C16H27N3O/c17-16(14-7-9-20-11-14)15-10-18-12-19(15)8-3-6-13-4-1-2-5-13/h10,12-14,16H,1-9,11,17H2. The summed E-state index contributed by atoms with van der Waals surface area (Å²) in [5.74, 6) is 1.43. The second-order valence-corrected chi connectivity index (χ2v) is 6.45. The van der Waals surface area contributed by atoms with Gasteiger partial charge in [-0.1, -0.05) is 25.7 Å². The Bertz CT molecular complexity index is 406. The first kappa shape index (κ1) is 14.1. The molecule has 20 heavy (non-hydrogen) atoms. The zero-order valence-corrected chi connectivity index (χ0v) is 12.3. The number of rotatable bonds is 6. The fourth-order valence-electron chi connectivity index (χ4n) is 3.72. The number of hydrogen-bond acceptors (Lipinski definition) is 3. The average Bonchev–Trinajstić information content (AvgIpc) is 3.21. The van der Waals surface area contributed by atoms with E-state index in [-0.39, 0.29) is 6.04 Å². The number of nitrogens with zero attached hydrogens (tertiary/aromatic N) is 2. The molecule has 0 radical (unpaired) electrons. The van der Waals surface area contributed by atoms with Crippen molar-refractivity contribution in [1.29, 1.82) is 0 Å². The van der Waals surface area contributed by atoms with Crippen molar-refractivity contribution in [3.05, 3.63) is 18.2 Å². The van der Waals surface area contributed by atoms with Crippen molar-refractivity contribution < 1.29 is 4.74 Å². The van der Waals surface area contributed by atoms with E-state index in [1.807, 2.05) is 12.5 Å². The van der Waals surface area contributed by atoms with Crippen LogP contribution in [0.3, 0.4) is 0 Å². The maximum absolute atomic E-state index is 6.40. The van der Waals surface area contributed by atoms with Gasteiger partial charge in [-0.2, -0.15) is 0 Å². The zero-order valence-electron chi connectivity index (χ0n) is 12.3. The summed E-state index contributed by atoms with van der Waals surface area (Å²) in [6, 6.07) is 0.0754. The van der Waals surface area contributed by atoms with Gasteiger partial charge in [-0.05, 0) is 25.2 Å². The highest BCUT2D eigenvalue weighted by Gasteiger charge is 2.26. The molecular weight excluding hydrogens is 250 g/mol. The molecule has 1 aromatic rings. The number of aromatic nitrogens is 2. The van der Waals surface area contributed by atoms with Gasteiger partial charge >= 0.3 is 0 Å². The SMILES string of the molecule is NC(c1cncn1CCCC1CCCC1)C1CCOC1. The van der Waals surface area contributed by atoms with Crippen LogP contribution < -0.4 is 5.73 Å². The Morgan fingerprint density at radius 3 is 2.95 bits per heavy atom. The summed E-state index contributed by atoms with van der Waals surface area (Å²) >= 11 is 0. The normalized spacial score (nSPS) is 25.4. The fourth-order valence-corrected chi connectivity index (χ4v) is 3.72. The van der Waals surface area contributed by atoms with E-state index in [0.29, 0.717) is 5.92 Å². The number of nitrogens with two attached hydrogens (primary N) is 1. The molecule has 0 amide bonds. The molecule has 2 fully saturated rings. The molecule has 1 saturated carbocycles. The fraction of sp³-hybridized carbons (Fsp3) is 0.812. The molecule has 4 heteroatoms. The summed E-state index contributed by atoms with van der Waals surface area (Å²) in [5, 5.41) is 0. The lowest BCUT2D eigenvalue weighted by atomic mass is 9.97. The predicted octanol–water partition coefficient (Wildman–Crippen LogP) is 2.89. The number of imidazole rings is 1. The summed E-state index contributed by atoms with van der Waals surface area (Å²) in [6.07, 6.45) is 13.3. The Balaban J connectivity index is 1.52. The van der Waals surface area contributed by atoms with Crippen LogP contribution in [0.1, 0.15) is 56.7 Å². The van der Waals surface area contributed by atoms with Crippen molar-refractivity contribution in [2.45, 2.75) is 57.5 Å². The Morgan fingerprint density at radius 1 is 1.35 bits per heavy atom. The lowest BCUT2D eigenvalue weighted by Crippen LogP contribution is -2.24. The van der Waals surface area contributed by atoms with E-state index in [1.54, 1.807) is 0 Å². The Morgan fingerprint density at radius 2 is 2.20 bits per heavy atom. The third kappa shape index (κ3) is 3.23. The highest BCUT2D eigenvalue weighted by atomic mass is 16.5. The van der Waals surface area contributed by atoms with Gasteiger partial charge in [0.2, 0.25) is 0 Å². The van der Waals surface area contributed by atoms with Gasteiger partial charge in [0.15, 0.2) is 0 Å². The van der Waals surface area contributed by atoms with Crippen LogP contribution in [0.2, 0.25) is 0 Å². The van der Waals surface area contributed by atoms with Crippen LogP contribution in [0.4, 0.5) is 0 Å². The van der Waals surface area contributed by atoms with Crippen LogP contribution in [0.5, 0.6) is 0 Å². The van der Waals surface area contributed by atoms with E-state index in [4.69, 9.17) is 10.5 Å². The minimum atomic E-state index is 0.0754. The second kappa shape index (κ2) is 6.72. The molecule has 2 heterocycles. The number of aryl methyl sites for hydroxylation is 1. The van der Waals surface area contributed by atoms with Crippen LogP contribution in [0.25, 0.3) is 0 Å². The van der Waals surface area contributed by atoms with E-state index in [1.165, 1.54) is 44.2 Å². The molecule has 1 saturated heterocycles. The summed E-state index contributed by atoms with van der Waals surface area (Å²) in [7, 11) is 0. The van der Waals surface area contributed by atoms with Crippen LogP contribution in [0.15, 0.2) is 12.5 Å². The Kier molecular flexibility index (Phi) is 4.73. The summed E-state index contributed by atoms with van der Waals surface area (Å²) in [5.41, 5.74) is 7.59. The van der Waals surface area contributed by atoms with Crippen LogP contribution in [-0.2, 0) is 11.3 Å². The molecule has 2 atom stereocenters. The predicted molar refractivity (Wildman–Crippen MR) is 79.3 cm³/mol. The van der Waals surface area contributed by atoms with Crippen molar-refractivity contribution in [3.8, 4) is 0 Å². The van der Waals surface area contributed by atoms with E-state index in [2.05, 4.69) is 9.55 Å². The summed E-state index contributed by atoms with van der Waals surface area (Å²) < 4.78 is 7.72. The average molecular weight is 277 g/mol. The number of hydrogen-bond donors (Lipinski definition) is 1. The lowest BCUT2D eigenvalue weighted by Gasteiger charge is -2.19. The molecule has 4 nitrogen and oxygen atoms in total. The molecule has 2 aliphatic rings. The van der Waals surface area contributed by atoms with Gasteiger partial charge in [-0.25, -0.2) is 4.98 Å². The van der Waals surface area contributed by atoms with E-state index < -0.39 is 0 Å². The lowest BCUT2D eigenvalue weighted by molar-refractivity contribution is 0.180. The Labute approximate surface area is 121 Å². The molecule has 0 aromatic carbocycles. The van der Waals surface area contributed by atoms with Gasteiger partial charge in [0.25, 0.3) is 0 Å². The molecular formula is C16H27N3O. The van der Waals surface area contributed by atoms with Gasteiger partial charge in [0.05, 0.1) is 24.7 Å². The summed E-state index contributed by atoms with van der Waals surface area (Å²) in [4.78, 5) is 4.31. The minimum Gasteiger partial charge on any atom is -0.381 e. The molecule has 2 N–H and O–H groups in total. The van der Waals surface area contributed by atoms with E-state index in [9.17, 15) is 0 Å². The van der Waals surface area contributed by atoms with Crippen LogP contribution in [0, 0.1) is 11.8 Å². The zero-order chi connectivity index (χ0) is 13.8. The molecule has 1 aliphatic carbocycles. The van der Waals surface area contributed by atoms with Crippen molar-refractivity contribution in [3.63, 3.8) is 0 Å². The molecule has 112 valence electrons. The first-order chi connectivity index (χ1) is 9.84. The maximum Gasteiger partial charge on any atom is 0.0948 e. The maximum atomic E-state index is 6.40. The third-order valence-corrected chi connectivity index (χ3v) is 5.04. The Hall–Kier alpha value is -0.870. The van der Waals surface area contributed by atoms with Gasteiger partial charge < -0.3 is 15.0 Å². The first-order valence-electron chi connectivity index (χ1n) is 8.18. The topological polar surface area (TPSA) is 53.1 Å². The quantitative estimate of drug-likeness (QED) is 0.870. The smallest absolute Gasteiger partial charge is 0.0948 e. The van der Waals surface area contributed by atoms with Gasteiger partial charge in [0, 0.05) is 25.3 Å². The van der Waals surface area contributed by atoms with Crippen LogP contribution >= 0.6 is 0 Å². The monoisotopic (exact) mass is 277 g/mol. The molecule has 3 rings (SSSR count). The van der Waals surface area contributed by atoms with E-state index >= 15 is 0 Å². The van der Waals surface area contributed by atoms with Gasteiger partial charge in [-0.15, -0.1) is 0 Å². The molecule has 2 unspecified atom stereocenters.